The van der Waals surface area contributed by atoms with Crippen LogP contribution in [0.4, 0.5) is 0 Å². The van der Waals surface area contributed by atoms with Gasteiger partial charge in [0, 0.05) is 31.6 Å². The maximum atomic E-state index is 12.5. The minimum atomic E-state index is -0.201. The van der Waals surface area contributed by atoms with Gasteiger partial charge < -0.3 is 19.6 Å². The Hall–Kier alpha value is -3.09. The van der Waals surface area contributed by atoms with Crippen LogP contribution >= 0.6 is 0 Å². The topological polar surface area (TPSA) is 89.2 Å². The molecule has 1 saturated carbocycles. The molecule has 3 aromatic rings. The van der Waals surface area contributed by atoms with Gasteiger partial charge in [-0.05, 0) is 37.1 Å². The van der Waals surface area contributed by atoms with Gasteiger partial charge in [-0.15, -0.1) is 0 Å². The van der Waals surface area contributed by atoms with Gasteiger partial charge in [0.1, 0.15) is 12.1 Å². The summed E-state index contributed by atoms with van der Waals surface area (Å²) in [6.45, 7) is 0.299. The van der Waals surface area contributed by atoms with Gasteiger partial charge in [-0.25, -0.2) is 4.98 Å². The summed E-state index contributed by atoms with van der Waals surface area (Å²) in [5, 5.41) is 5.34. The number of aromatic nitrogens is 2. The molecule has 0 atom stereocenters. The second-order valence-corrected chi connectivity index (χ2v) is 7.49. The van der Waals surface area contributed by atoms with E-state index in [1.165, 1.54) is 19.3 Å². The molecule has 7 heteroatoms. The Bertz CT molecular complexity index is 1000. The van der Waals surface area contributed by atoms with Crippen LogP contribution in [0.25, 0.3) is 22.4 Å². The molecule has 0 spiro atoms. The zero-order valence-electron chi connectivity index (χ0n) is 16.6. The molecule has 1 aliphatic carbocycles. The Morgan fingerprint density at radius 2 is 2.03 bits per heavy atom. The molecule has 29 heavy (non-hydrogen) atoms. The number of hydrogen-bond donors (Lipinski definition) is 2. The van der Waals surface area contributed by atoms with Crippen LogP contribution < -0.4 is 10.6 Å². The Morgan fingerprint density at radius 1 is 1.21 bits per heavy atom. The van der Waals surface area contributed by atoms with Crippen LogP contribution in [0.1, 0.15) is 54.9 Å². The summed E-state index contributed by atoms with van der Waals surface area (Å²) < 4.78 is 7.60. The van der Waals surface area contributed by atoms with Crippen molar-refractivity contribution in [1.29, 1.82) is 0 Å². The highest BCUT2D eigenvalue weighted by Crippen LogP contribution is 2.36. The Morgan fingerprint density at radius 3 is 2.76 bits per heavy atom. The lowest BCUT2D eigenvalue weighted by Crippen LogP contribution is -2.29. The molecule has 1 aliphatic rings. The minimum Gasteiger partial charge on any atom is -0.472 e. The van der Waals surface area contributed by atoms with Crippen LogP contribution in [0.15, 0.2) is 41.2 Å². The average molecular weight is 394 g/mol. The predicted molar refractivity (Wildman–Crippen MR) is 111 cm³/mol. The van der Waals surface area contributed by atoms with E-state index in [4.69, 9.17) is 9.40 Å². The number of carbonyl (C=O) groups is 2. The fraction of sp³-hybridized carbons (Fsp3) is 0.409. The zero-order chi connectivity index (χ0) is 20.2. The van der Waals surface area contributed by atoms with Crippen molar-refractivity contribution in [2.24, 2.45) is 0 Å². The third-order valence-corrected chi connectivity index (χ3v) is 5.59. The molecule has 2 aromatic heterocycles. The van der Waals surface area contributed by atoms with E-state index in [0.717, 1.165) is 35.3 Å². The highest BCUT2D eigenvalue weighted by molar-refractivity contribution is 5.98. The molecule has 1 fully saturated rings. The van der Waals surface area contributed by atoms with Crippen molar-refractivity contribution < 1.29 is 14.0 Å². The Kier molecular flexibility index (Phi) is 5.64. The van der Waals surface area contributed by atoms with Crippen LogP contribution in [0.5, 0.6) is 0 Å². The molecule has 0 saturated heterocycles. The zero-order valence-corrected chi connectivity index (χ0v) is 16.6. The van der Waals surface area contributed by atoms with Crippen LogP contribution in [0.3, 0.4) is 0 Å². The maximum Gasteiger partial charge on any atom is 0.251 e. The first kappa shape index (κ1) is 19.2. The Balaban J connectivity index is 1.65. The number of fused-ring (bicyclic) bond motifs is 1. The first-order valence-electron chi connectivity index (χ1n) is 10.2. The normalized spacial score (nSPS) is 14.8. The first-order valence-corrected chi connectivity index (χ1v) is 10.2. The van der Waals surface area contributed by atoms with Gasteiger partial charge in [0.15, 0.2) is 0 Å². The van der Waals surface area contributed by atoms with Crippen molar-refractivity contribution in [3.8, 4) is 11.4 Å². The molecule has 2 N–H and O–H groups in total. The van der Waals surface area contributed by atoms with Crippen molar-refractivity contribution in [2.45, 2.75) is 44.6 Å². The van der Waals surface area contributed by atoms with Gasteiger partial charge in [0.25, 0.3) is 5.91 Å². The van der Waals surface area contributed by atoms with E-state index >= 15 is 0 Å². The average Bonchev–Trinajstić information content (AvgIpc) is 3.41. The number of nitrogens with zero attached hydrogens (tertiary/aromatic N) is 2. The smallest absolute Gasteiger partial charge is 0.251 e. The molecule has 2 heterocycles. The number of furan rings is 1. The van der Waals surface area contributed by atoms with Gasteiger partial charge in [-0.2, -0.15) is 0 Å². The van der Waals surface area contributed by atoms with E-state index in [0.29, 0.717) is 18.2 Å². The quantitative estimate of drug-likeness (QED) is 0.668. The van der Waals surface area contributed by atoms with Gasteiger partial charge >= 0.3 is 0 Å². The van der Waals surface area contributed by atoms with Crippen molar-refractivity contribution in [3.05, 3.63) is 42.4 Å². The molecule has 2 amide bonds. The second kappa shape index (κ2) is 8.51. The lowest BCUT2D eigenvalue weighted by atomic mass is 9.95. The fourth-order valence-corrected chi connectivity index (χ4v) is 4.06. The SMILES string of the molecule is CNC(=O)CCNC(=O)c1ccc2c(c1)nc(-c1ccoc1)n2C1CCCCC1. The summed E-state index contributed by atoms with van der Waals surface area (Å²) >= 11 is 0. The predicted octanol–water partition coefficient (Wildman–Crippen LogP) is 3.67. The van der Waals surface area contributed by atoms with E-state index < -0.39 is 0 Å². The molecular formula is C22H26N4O3. The molecule has 0 unspecified atom stereocenters. The number of nitrogens with one attached hydrogen (secondary N) is 2. The van der Waals surface area contributed by atoms with E-state index in [2.05, 4.69) is 15.2 Å². The van der Waals surface area contributed by atoms with Crippen LogP contribution in [-0.4, -0.2) is 35.0 Å². The monoisotopic (exact) mass is 394 g/mol. The lowest BCUT2D eigenvalue weighted by molar-refractivity contribution is -0.120. The van der Waals surface area contributed by atoms with Crippen molar-refractivity contribution in [2.75, 3.05) is 13.6 Å². The van der Waals surface area contributed by atoms with Gasteiger partial charge in [0.05, 0.1) is 22.9 Å². The third kappa shape index (κ3) is 4.04. The number of rotatable bonds is 6. The van der Waals surface area contributed by atoms with E-state index in [1.807, 2.05) is 24.3 Å². The summed E-state index contributed by atoms with van der Waals surface area (Å²) in [7, 11) is 1.58. The molecule has 0 bridgehead atoms. The van der Waals surface area contributed by atoms with E-state index in [-0.39, 0.29) is 18.2 Å². The van der Waals surface area contributed by atoms with Crippen LogP contribution in [0, 0.1) is 0 Å². The van der Waals surface area contributed by atoms with Crippen molar-refractivity contribution in [1.82, 2.24) is 20.2 Å². The minimum absolute atomic E-state index is 0.100. The summed E-state index contributed by atoms with van der Waals surface area (Å²) in [4.78, 5) is 28.7. The molecule has 7 nitrogen and oxygen atoms in total. The summed E-state index contributed by atoms with van der Waals surface area (Å²) in [5.41, 5.74) is 3.32. The number of amides is 2. The van der Waals surface area contributed by atoms with E-state index in [1.54, 1.807) is 19.6 Å². The van der Waals surface area contributed by atoms with Gasteiger partial charge in [0.2, 0.25) is 5.91 Å². The van der Waals surface area contributed by atoms with Crippen LogP contribution in [0.2, 0.25) is 0 Å². The first-order chi connectivity index (χ1) is 14.2. The molecule has 152 valence electrons. The molecule has 0 aliphatic heterocycles. The number of imidazole rings is 1. The molecule has 1 aromatic carbocycles. The molecular weight excluding hydrogens is 368 g/mol. The van der Waals surface area contributed by atoms with Crippen LogP contribution in [-0.2, 0) is 4.79 Å². The highest BCUT2D eigenvalue weighted by atomic mass is 16.3. The van der Waals surface area contributed by atoms with Gasteiger partial charge in [-0.1, -0.05) is 19.3 Å². The standard InChI is InChI=1S/C22H26N4O3/c1-23-20(27)9-11-24-22(28)15-7-8-19-18(13-15)25-21(16-10-12-29-14-16)26(19)17-5-3-2-4-6-17/h7-8,10,12-14,17H,2-6,9,11H2,1H3,(H,23,27)(H,24,28). The largest absolute Gasteiger partial charge is 0.472 e. The fourth-order valence-electron chi connectivity index (χ4n) is 4.06. The van der Waals surface area contributed by atoms with E-state index in [9.17, 15) is 9.59 Å². The third-order valence-electron chi connectivity index (χ3n) is 5.59. The van der Waals surface area contributed by atoms with Crippen molar-refractivity contribution >= 4 is 22.8 Å². The van der Waals surface area contributed by atoms with Gasteiger partial charge in [-0.3, -0.25) is 9.59 Å². The molecule has 0 radical (unpaired) electrons. The number of hydrogen-bond acceptors (Lipinski definition) is 4. The summed E-state index contributed by atoms with van der Waals surface area (Å²) in [6.07, 6.45) is 9.63. The Labute approximate surface area is 169 Å². The number of carbonyl (C=O) groups excluding carboxylic acids is 2. The van der Waals surface area contributed by atoms with Crippen molar-refractivity contribution in [3.63, 3.8) is 0 Å². The summed E-state index contributed by atoms with van der Waals surface area (Å²) in [5.74, 6) is 0.586. The summed E-state index contributed by atoms with van der Waals surface area (Å²) in [6, 6.07) is 7.97. The second-order valence-electron chi connectivity index (χ2n) is 7.49. The number of benzene rings is 1. The lowest BCUT2D eigenvalue weighted by Gasteiger charge is -2.25. The highest BCUT2D eigenvalue weighted by Gasteiger charge is 2.23. The maximum absolute atomic E-state index is 12.5. The molecule has 4 rings (SSSR count).